The summed E-state index contributed by atoms with van der Waals surface area (Å²) in [4.78, 5) is 12.2. The van der Waals surface area contributed by atoms with Gasteiger partial charge in [-0.3, -0.25) is 4.79 Å². The predicted octanol–water partition coefficient (Wildman–Crippen LogP) is 4.09. The number of carbonyl (C=O) groups is 1. The van der Waals surface area contributed by atoms with Gasteiger partial charge in [-0.15, -0.1) is 0 Å². The van der Waals surface area contributed by atoms with Gasteiger partial charge in [0.1, 0.15) is 5.75 Å². The standard InChI is InChI=1S/C15H22O2/c1-5-11-17-13-9-7-12(8-10-13)14(16)15(3,4)6-2/h7-10H,5-6,11H2,1-4H3. The van der Waals surface area contributed by atoms with Crippen LogP contribution in [0, 0.1) is 5.41 Å². The monoisotopic (exact) mass is 234 g/mol. The molecule has 0 aromatic heterocycles. The lowest BCUT2D eigenvalue weighted by molar-refractivity contribution is 0.0833. The molecule has 17 heavy (non-hydrogen) atoms. The Balaban J connectivity index is 2.77. The van der Waals surface area contributed by atoms with Crippen molar-refractivity contribution in [2.45, 2.75) is 40.5 Å². The number of carbonyl (C=O) groups excluding carboxylic acids is 1. The van der Waals surface area contributed by atoms with Gasteiger partial charge in [-0.1, -0.05) is 27.7 Å². The zero-order valence-electron chi connectivity index (χ0n) is 11.2. The Kier molecular flexibility index (Phi) is 4.73. The Morgan fingerprint density at radius 1 is 1.18 bits per heavy atom. The average molecular weight is 234 g/mol. The fraction of sp³-hybridized carbons (Fsp3) is 0.533. The highest BCUT2D eigenvalue weighted by molar-refractivity contribution is 6.00. The lowest BCUT2D eigenvalue weighted by Gasteiger charge is -2.20. The van der Waals surface area contributed by atoms with Gasteiger partial charge in [-0.2, -0.15) is 0 Å². The Bertz CT molecular complexity index is 363. The van der Waals surface area contributed by atoms with Crippen LogP contribution >= 0.6 is 0 Å². The number of hydrogen-bond donors (Lipinski definition) is 0. The summed E-state index contributed by atoms with van der Waals surface area (Å²) in [5.74, 6) is 1.03. The van der Waals surface area contributed by atoms with Gasteiger partial charge in [0, 0.05) is 11.0 Å². The average Bonchev–Trinajstić information content (AvgIpc) is 2.36. The molecule has 0 amide bonds. The molecule has 0 atom stereocenters. The second-order valence-electron chi connectivity index (χ2n) is 4.94. The number of rotatable bonds is 6. The van der Waals surface area contributed by atoms with Gasteiger partial charge in [0.2, 0.25) is 0 Å². The minimum atomic E-state index is -0.286. The molecule has 0 unspecified atom stereocenters. The van der Waals surface area contributed by atoms with Gasteiger partial charge in [0.05, 0.1) is 6.61 Å². The maximum absolute atomic E-state index is 12.2. The molecular weight excluding hydrogens is 212 g/mol. The lowest BCUT2D eigenvalue weighted by Crippen LogP contribution is -2.23. The van der Waals surface area contributed by atoms with Crippen molar-refractivity contribution in [1.29, 1.82) is 0 Å². The van der Waals surface area contributed by atoms with Crippen LogP contribution in [-0.4, -0.2) is 12.4 Å². The minimum absolute atomic E-state index is 0.196. The van der Waals surface area contributed by atoms with E-state index < -0.39 is 0 Å². The van der Waals surface area contributed by atoms with Gasteiger partial charge in [0.25, 0.3) is 0 Å². The van der Waals surface area contributed by atoms with Gasteiger partial charge >= 0.3 is 0 Å². The van der Waals surface area contributed by atoms with Crippen LogP contribution in [0.4, 0.5) is 0 Å². The second kappa shape index (κ2) is 5.85. The van der Waals surface area contributed by atoms with Crippen molar-refractivity contribution in [3.63, 3.8) is 0 Å². The molecule has 94 valence electrons. The zero-order chi connectivity index (χ0) is 12.9. The summed E-state index contributed by atoms with van der Waals surface area (Å²) in [6.07, 6.45) is 1.84. The molecule has 0 saturated carbocycles. The molecule has 1 aromatic rings. The summed E-state index contributed by atoms with van der Waals surface area (Å²) in [7, 11) is 0. The van der Waals surface area contributed by atoms with Crippen molar-refractivity contribution in [2.24, 2.45) is 5.41 Å². The van der Waals surface area contributed by atoms with E-state index >= 15 is 0 Å². The van der Waals surface area contributed by atoms with E-state index in [4.69, 9.17) is 4.74 Å². The number of ether oxygens (including phenoxy) is 1. The molecule has 1 aromatic carbocycles. The van der Waals surface area contributed by atoms with Gasteiger partial charge < -0.3 is 4.74 Å². The van der Waals surface area contributed by atoms with Gasteiger partial charge in [0.15, 0.2) is 5.78 Å². The summed E-state index contributed by atoms with van der Waals surface area (Å²) < 4.78 is 5.49. The zero-order valence-corrected chi connectivity index (χ0v) is 11.2. The van der Waals surface area contributed by atoms with Crippen molar-refractivity contribution < 1.29 is 9.53 Å². The first-order chi connectivity index (χ1) is 8.01. The molecule has 0 radical (unpaired) electrons. The highest BCUT2D eigenvalue weighted by atomic mass is 16.5. The Morgan fingerprint density at radius 3 is 2.24 bits per heavy atom. The van der Waals surface area contributed by atoms with Crippen LogP contribution in [0.15, 0.2) is 24.3 Å². The molecule has 2 nitrogen and oxygen atoms in total. The summed E-state index contributed by atoms with van der Waals surface area (Å²) in [5.41, 5.74) is 0.479. The van der Waals surface area contributed by atoms with Crippen molar-refractivity contribution in [3.05, 3.63) is 29.8 Å². The highest BCUT2D eigenvalue weighted by Crippen LogP contribution is 2.26. The first-order valence-corrected chi connectivity index (χ1v) is 6.29. The van der Waals surface area contributed by atoms with Crippen LogP contribution in [0.1, 0.15) is 50.9 Å². The Hall–Kier alpha value is -1.31. The number of hydrogen-bond acceptors (Lipinski definition) is 2. The fourth-order valence-corrected chi connectivity index (χ4v) is 1.47. The molecule has 0 fully saturated rings. The van der Waals surface area contributed by atoms with Crippen LogP contribution in [0.3, 0.4) is 0 Å². The first-order valence-electron chi connectivity index (χ1n) is 6.29. The number of Topliss-reactive ketones (excluding diaryl/α,β-unsaturated/α-hetero) is 1. The molecular formula is C15H22O2. The Labute approximate surface area is 104 Å². The van der Waals surface area contributed by atoms with Gasteiger partial charge in [-0.25, -0.2) is 0 Å². The van der Waals surface area contributed by atoms with E-state index in [1.807, 2.05) is 45.0 Å². The van der Waals surface area contributed by atoms with E-state index in [1.54, 1.807) is 0 Å². The van der Waals surface area contributed by atoms with Crippen molar-refractivity contribution in [1.82, 2.24) is 0 Å². The quantitative estimate of drug-likeness (QED) is 0.693. The molecule has 0 aliphatic heterocycles. The second-order valence-corrected chi connectivity index (χ2v) is 4.94. The smallest absolute Gasteiger partial charge is 0.168 e. The molecule has 0 spiro atoms. The molecule has 0 saturated heterocycles. The summed E-state index contributed by atoms with van der Waals surface area (Å²) in [5, 5.41) is 0. The van der Waals surface area contributed by atoms with E-state index in [9.17, 15) is 4.79 Å². The minimum Gasteiger partial charge on any atom is -0.494 e. The van der Waals surface area contributed by atoms with E-state index in [0.29, 0.717) is 6.61 Å². The third kappa shape index (κ3) is 3.58. The van der Waals surface area contributed by atoms with Crippen molar-refractivity contribution in [2.75, 3.05) is 6.61 Å². The molecule has 0 bridgehead atoms. The Morgan fingerprint density at radius 2 is 1.76 bits per heavy atom. The van der Waals surface area contributed by atoms with Crippen LogP contribution < -0.4 is 4.74 Å². The van der Waals surface area contributed by atoms with E-state index in [2.05, 4.69) is 6.92 Å². The maximum atomic E-state index is 12.2. The number of benzene rings is 1. The highest BCUT2D eigenvalue weighted by Gasteiger charge is 2.26. The van der Waals surface area contributed by atoms with Crippen LogP contribution in [0.25, 0.3) is 0 Å². The molecule has 1 rings (SSSR count). The molecule has 2 heteroatoms. The molecule has 0 N–H and O–H groups in total. The third-order valence-electron chi connectivity index (χ3n) is 3.09. The summed E-state index contributed by atoms with van der Waals surface area (Å²) in [6, 6.07) is 7.44. The molecule has 0 heterocycles. The van der Waals surface area contributed by atoms with E-state index in [-0.39, 0.29) is 11.2 Å². The van der Waals surface area contributed by atoms with E-state index in [0.717, 1.165) is 24.2 Å². The molecule has 0 aliphatic rings. The lowest BCUT2D eigenvalue weighted by atomic mass is 9.82. The first kappa shape index (κ1) is 13.8. The topological polar surface area (TPSA) is 26.3 Å². The normalized spacial score (nSPS) is 11.3. The van der Waals surface area contributed by atoms with Crippen molar-refractivity contribution in [3.8, 4) is 5.75 Å². The fourth-order valence-electron chi connectivity index (χ4n) is 1.47. The van der Waals surface area contributed by atoms with Crippen molar-refractivity contribution >= 4 is 5.78 Å². The van der Waals surface area contributed by atoms with E-state index in [1.165, 1.54) is 0 Å². The van der Waals surface area contributed by atoms with Gasteiger partial charge in [-0.05, 0) is 37.1 Å². The van der Waals surface area contributed by atoms with Crippen LogP contribution in [0.2, 0.25) is 0 Å². The van der Waals surface area contributed by atoms with Crippen LogP contribution in [-0.2, 0) is 0 Å². The third-order valence-corrected chi connectivity index (χ3v) is 3.09. The summed E-state index contributed by atoms with van der Waals surface area (Å²) >= 11 is 0. The number of ketones is 1. The van der Waals surface area contributed by atoms with Crippen LogP contribution in [0.5, 0.6) is 5.75 Å². The maximum Gasteiger partial charge on any atom is 0.168 e. The predicted molar refractivity (Wildman–Crippen MR) is 70.6 cm³/mol. The summed E-state index contributed by atoms with van der Waals surface area (Å²) in [6.45, 7) is 8.79. The SMILES string of the molecule is CCCOc1ccc(C(=O)C(C)(C)CC)cc1. The largest absolute Gasteiger partial charge is 0.494 e. The molecule has 0 aliphatic carbocycles.